The Kier molecular flexibility index (Phi) is 4.82. The summed E-state index contributed by atoms with van der Waals surface area (Å²) in [5.41, 5.74) is 0.511. The SMILES string of the molecule is O=C(c1ccc(Br)c(O)c1)N1CCC[C@@H]1CCCO. The number of aliphatic hydroxyl groups excluding tert-OH is 1. The maximum Gasteiger partial charge on any atom is 0.254 e. The van der Waals surface area contributed by atoms with Crippen LogP contribution in [-0.4, -0.2) is 40.2 Å². The number of phenols is 1. The summed E-state index contributed by atoms with van der Waals surface area (Å²) in [6.45, 7) is 0.920. The second-order valence-corrected chi connectivity index (χ2v) is 5.68. The minimum atomic E-state index is -0.0387. The lowest BCUT2D eigenvalue weighted by Gasteiger charge is -2.24. The molecule has 1 aliphatic rings. The topological polar surface area (TPSA) is 60.8 Å². The molecule has 19 heavy (non-hydrogen) atoms. The summed E-state index contributed by atoms with van der Waals surface area (Å²) < 4.78 is 0.585. The van der Waals surface area contributed by atoms with Gasteiger partial charge in [-0.05, 0) is 59.8 Å². The molecule has 1 fully saturated rings. The van der Waals surface area contributed by atoms with Gasteiger partial charge in [-0.25, -0.2) is 0 Å². The van der Waals surface area contributed by atoms with Gasteiger partial charge in [-0.2, -0.15) is 0 Å². The minimum Gasteiger partial charge on any atom is -0.507 e. The number of likely N-dealkylation sites (tertiary alicyclic amines) is 1. The summed E-state index contributed by atoms with van der Waals surface area (Å²) in [7, 11) is 0. The Labute approximate surface area is 121 Å². The van der Waals surface area contributed by atoms with Crippen molar-refractivity contribution in [2.45, 2.75) is 31.7 Å². The van der Waals surface area contributed by atoms with Gasteiger partial charge < -0.3 is 15.1 Å². The van der Waals surface area contributed by atoms with Crippen molar-refractivity contribution in [3.63, 3.8) is 0 Å². The number of aliphatic hydroxyl groups is 1. The number of benzene rings is 1. The maximum absolute atomic E-state index is 12.4. The number of phenolic OH excluding ortho intramolecular Hbond substituents is 1. The molecule has 1 heterocycles. The lowest BCUT2D eigenvalue weighted by molar-refractivity contribution is 0.0724. The number of rotatable bonds is 4. The van der Waals surface area contributed by atoms with Crippen LogP contribution in [0, 0.1) is 0 Å². The summed E-state index contributed by atoms with van der Waals surface area (Å²) in [4.78, 5) is 14.3. The zero-order valence-corrected chi connectivity index (χ0v) is 12.3. The average Bonchev–Trinajstić information content (AvgIpc) is 2.87. The van der Waals surface area contributed by atoms with Crippen LogP contribution >= 0.6 is 15.9 Å². The van der Waals surface area contributed by atoms with Crippen LogP contribution < -0.4 is 0 Å². The fourth-order valence-corrected chi connectivity index (χ4v) is 2.79. The molecule has 0 radical (unpaired) electrons. The summed E-state index contributed by atoms with van der Waals surface area (Å²) >= 11 is 3.21. The Hall–Kier alpha value is -1.07. The first-order chi connectivity index (χ1) is 9.13. The zero-order valence-electron chi connectivity index (χ0n) is 10.7. The van der Waals surface area contributed by atoms with Crippen LogP contribution in [0.4, 0.5) is 0 Å². The first kappa shape index (κ1) is 14.3. The van der Waals surface area contributed by atoms with E-state index in [4.69, 9.17) is 5.11 Å². The van der Waals surface area contributed by atoms with E-state index in [1.54, 1.807) is 12.1 Å². The molecule has 5 heteroatoms. The van der Waals surface area contributed by atoms with Gasteiger partial charge in [0.2, 0.25) is 0 Å². The van der Waals surface area contributed by atoms with E-state index in [1.807, 2.05) is 4.90 Å². The third-order valence-corrected chi connectivity index (χ3v) is 4.20. The molecule has 1 aromatic carbocycles. The van der Waals surface area contributed by atoms with Crippen LogP contribution in [0.1, 0.15) is 36.0 Å². The van der Waals surface area contributed by atoms with Gasteiger partial charge in [0.05, 0.1) is 4.47 Å². The van der Waals surface area contributed by atoms with E-state index in [0.717, 1.165) is 32.2 Å². The summed E-state index contributed by atoms with van der Waals surface area (Å²) in [5.74, 6) is 0.0418. The monoisotopic (exact) mass is 327 g/mol. The largest absolute Gasteiger partial charge is 0.507 e. The summed E-state index contributed by atoms with van der Waals surface area (Å²) in [5, 5.41) is 18.5. The molecule has 1 aromatic rings. The molecule has 0 saturated carbocycles. The highest BCUT2D eigenvalue weighted by Crippen LogP contribution is 2.28. The quantitative estimate of drug-likeness (QED) is 0.893. The molecule has 0 unspecified atom stereocenters. The number of halogens is 1. The Morgan fingerprint density at radius 2 is 2.26 bits per heavy atom. The molecular weight excluding hydrogens is 310 g/mol. The first-order valence-corrected chi connectivity index (χ1v) is 7.33. The summed E-state index contributed by atoms with van der Waals surface area (Å²) in [6, 6.07) is 5.11. The number of nitrogens with zero attached hydrogens (tertiary/aromatic N) is 1. The number of carbonyl (C=O) groups is 1. The summed E-state index contributed by atoms with van der Waals surface area (Å²) in [6.07, 6.45) is 3.56. The second kappa shape index (κ2) is 6.39. The Morgan fingerprint density at radius 3 is 2.95 bits per heavy atom. The van der Waals surface area contributed by atoms with Crippen molar-refractivity contribution in [1.82, 2.24) is 4.90 Å². The predicted octanol–water partition coefficient (Wildman–Crippen LogP) is 2.53. The zero-order chi connectivity index (χ0) is 13.8. The highest BCUT2D eigenvalue weighted by atomic mass is 79.9. The normalized spacial score (nSPS) is 18.8. The van der Waals surface area contributed by atoms with Crippen molar-refractivity contribution < 1.29 is 15.0 Å². The van der Waals surface area contributed by atoms with Gasteiger partial charge in [0, 0.05) is 24.8 Å². The van der Waals surface area contributed by atoms with Crippen molar-refractivity contribution >= 4 is 21.8 Å². The van der Waals surface area contributed by atoms with Gasteiger partial charge in [-0.1, -0.05) is 0 Å². The molecular formula is C14H18BrNO3. The molecule has 104 valence electrons. The van der Waals surface area contributed by atoms with Gasteiger partial charge in [0.1, 0.15) is 5.75 Å². The van der Waals surface area contributed by atoms with E-state index < -0.39 is 0 Å². The average molecular weight is 328 g/mol. The van der Waals surface area contributed by atoms with E-state index >= 15 is 0 Å². The van der Waals surface area contributed by atoms with Crippen molar-refractivity contribution in [1.29, 1.82) is 0 Å². The van der Waals surface area contributed by atoms with Gasteiger partial charge >= 0.3 is 0 Å². The minimum absolute atomic E-state index is 0.0387. The van der Waals surface area contributed by atoms with E-state index in [0.29, 0.717) is 10.0 Å². The van der Waals surface area contributed by atoms with Crippen LogP contribution in [0.25, 0.3) is 0 Å². The van der Waals surface area contributed by atoms with Crippen LogP contribution in [0.3, 0.4) is 0 Å². The highest BCUT2D eigenvalue weighted by Gasteiger charge is 2.29. The molecule has 1 aliphatic heterocycles. The molecule has 0 aromatic heterocycles. The lowest BCUT2D eigenvalue weighted by Crippen LogP contribution is -2.35. The Bertz CT molecular complexity index is 464. The van der Waals surface area contributed by atoms with Crippen molar-refractivity contribution in [2.24, 2.45) is 0 Å². The number of hydrogen-bond donors (Lipinski definition) is 2. The van der Waals surface area contributed by atoms with Crippen molar-refractivity contribution in [3.05, 3.63) is 28.2 Å². The number of hydrogen-bond acceptors (Lipinski definition) is 3. The third kappa shape index (κ3) is 3.28. The Balaban J connectivity index is 2.11. The standard InChI is InChI=1S/C14H18BrNO3/c15-12-6-5-10(9-13(12)18)14(19)16-7-1-3-11(16)4-2-8-17/h5-6,9,11,17-18H,1-4,7-8H2/t11-/m1/s1. The number of amides is 1. The van der Waals surface area contributed by atoms with Gasteiger partial charge in [-0.15, -0.1) is 0 Å². The highest BCUT2D eigenvalue weighted by molar-refractivity contribution is 9.10. The fraction of sp³-hybridized carbons (Fsp3) is 0.500. The second-order valence-electron chi connectivity index (χ2n) is 4.83. The smallest absolute Gasteiger partial charge is 0.254 e. The van der Waals surface area contributed by atoms with Crippen LogP contribution in [0.15, 0.2) is 22.7 Å². The molecule has 1 saturated heterocycles. The predicted molar refractivity (Wildman–Crippen MR) is 76.2 cm³/mol. The third-order valence-electron chi connectivity index (χ3n) is 3.53. The van der Waals surface area contributed by atoms with E-state index in [9.17, 15) is 9.90 Å². The number of aromatic hydroxyl groups is 1. The lowest BCUT2D eigenvalue weighted by atomic mass is 10.1. The molecule has 1 atom stereocenters. The van der Waals surface area contributed by atoms with E-state index in [2.05, 4.69) is 15.9 Å². The maximum atomic E-state index is 12.4. The molecule has 2 N–H and O–H groups in total. The van der Waals surface area contributed by atoms with Gasteiger partial charge in [0.15, 0.2) is 0 Å². The van der Waals surface area contributed by atoms with Crippen LogP contribution in [-0.2, 0) is 0 Å². The molecule has 0 bridgehead atoms. The fourth-order valence-electron chi connectivity index (χ4n) is 2.54. The van der Waals surface area contributed by atoms with Crippen molar-refractivity contribution in [2.75, 3.05) is 13.2 Å². The van der Waals surface area contributed by atoms with Gasteiger partial charge in [-0.3, -0.25) is 4.79 Å². The van der Waals surface area contributed by atoms with E-state index in [1.165, 1.54) is 6.07 Å². The Morgan fingerprint density at radius 1 is 1.47 bits per heavy atom. The molecule has 1 amide bonds. The van der Waals surface area contributed by atoms with Crippen LogP contribution in [0.2, 0.25) is 0 Å². The molecule has 0 spiro atoms. The molecule has 2 rings (SSSR count). The van der Waals surface area contributed by atoms with Crippen LogP contribution in [0.5, 0.6) is 5.75 Å². The van der Waals surface area contributed by atoms with Crippen molar-refractivity contribution in [3.8, 4) is 5.75 Å². The van der Waals surface area contributed by atoms with E-state index in [-0.39, 0.29) is 24.3 Å². The molecule has 0 aliphatic carbocycles. The molecule has 4 nitrogen and oxygen atoms in total. The van der Waals surface area contributed by atoms with Gasteiger partial charge in [0.25, 0.3) is 5.91 Å². The number of carbonyl (C=O) groups excluding carboxylic acids is 1. The first-order valence-electron chi connectivity index (χ1n) is 6.54.